The van der Waals surface area contributed by atoms with Crippen LogP contribution in [0, 0.1) is 5.92 Å². The van der Waals surface area contributed by atoms with E-state index in [1.165, 1.54) is 6.42 Å². The lowest BCUT2D eigenvalue weighted by molar-refractivity contribution is 0.130. The van der Waals surface area contributed by atoms with Gasteiger partial charge >= 0.3 is 0 Å². The summed E-state index contributed by atoms with van der Waals surface area (Å²) in [7, 11) is 0. The van der Waals surface area contributed by atoms with Crippen LogP contribution < -0.4 is 5.32 Å². The van der Waals surface area contributed by atoms with Gasteiger partial charge in [0.1, 0.15) is 6.10 Å². The molecule has 1 aromatic heterocycles. The van der Waals surface area contributed by atoms with Gasteiger partial charge in [0.05, 0.1) is 0 Å². The summed E-state index contributed by atoms with van der Waals surface area (Å²) < 4.78 is 1.88. The highest BCUT2D eigenvalue weighted by Crippen LogP contribution is 2.23. The first kappa shape index (κ1) is 10.2. The Bertz CT molecular complexity index is 370. The van der Waals surface area contributed by atoms with Crippen molar-refractivity contribution in [1.82, 2.24) is 20.1 Å². The number of rotatable bonds is 2. The first-order valence-electron chi connectivity index (χ1n) is 6.15. The number of aliphatic hydroxyl groups excluding tert-OH is 1. The lowest BCUT2D eigenvalue weighted by Gasteiger charge is -2.16. The van der Waals surface area contributed by atoms with Crippen molar-refractivity contribution in [2.24, 2.45) is 5.92 Å². The Morgan fingerprint density at radius 2 is 2.38 bits per heavy atom. The third kappa shape index (κ3) is 1.85. The Kier molecular flexibility index (Phi) is 2.65. The molecule has 88 valence electrons. The highest BCUT2D eigenvalue weighted by Gasteiger charge is 2.24. The largest absolute Gasteiger partial charge is 0.385 e. The minimum absolute atomic E-state index is 0.406. The molecular formula is C11H18N4O. The fourth-order valence-electron chi connectivity index (χ4n) is 2.61. The van der Waals surface area contributed by atoms with E-state index in [1.54, 1.807) is 0 Å². The second kappa shape index (κ2) is 4.14. The molecule has 0 aromatic carbocycles. The summed E-state index contributed by atoms with van der Waals surface area (Å²) in [6.45, 7) is 3.09. The number of hydrogen-bond donors (Lipinski definition) is 2. The van der Waals surface area contributed by atoms with Crippen molar-refractivity contribution in [2.75, 3.05) is 13.1 Å². The summed E-state index contributed by atoms with van der Waals surface area (Å²) in [4.78, 5) is 4.47. The third-order valence-corrected chi connectivity index (χ3v) is 3.52. The minimum Gasteiger partial charge on any atom is -0.385 e. The average molecular weight is 222 g/mol. The van der Waals surface area contributed by atoms with Crippen LogP contribution >= 0.6 is 0 Å². The molecule has 16 heavy (non-hydrogen) atoms. The van der Waals surface area contributed by atoms with Crippen LogP contribution in [0.4, 0.5) is 0 Å². The topological polar surface area (TPSA) is 63.0 Å². The zero-order valence-corrected chi connectivity index (χ0v) is 9.39. The van der Waals surface area contributed by atoms with E-state index < -0.39 is 6.10 Å². The molecule has 1 saturated heterocycles. The van der Waals surface area contributed by atoms with Gasteiger partial charge in [-0.1, -0.05) is 0 Å². The molecule has 2 aliphatic rings. The van der Waals surface area contributed by atoms with Crippen LogP contribution in [0.15, 0.2) is 0 Å². The smallest absolute Gasteiger partial charge is 0.156 e. The number of aliphatic hydroxyl groups is 1. The summed E-state index contributed by atoms with van der Waals surface area (Å²) >= 11 is 0. The van der Waals surface area contributed by atoms with Gasteiger partial charge in [0.2, 0.25) is 0 Å². The molecule has 2 N–H and O–H groups in total. The van der Waals surface area contributed by atoms with E-state index in [0.29, 0.717) is 5.92 Å². The number of aromatic nitrogens is 3. The molecule has 2 unspecified atom stereocenters. The molecule has 0 bridgehead atoms. The Morgan fingerprint density at radius 1 is 1.44 bits per heavy atom. The van der Waals surface area contributed by atoms with E-state index in [-0.39, 0.29) is 0 Å². The highest BCUT2D eigenvalue weighted by molar-refractivity contribution is 5.00. The molecule has 2 atom stereocenters. The summed E-state index contributed by atoms with van der Waals surface area (Å²) in [5.74, 6) is 2.35. The van der Waals surface area contributed by atoms with Crippen molar-refractivity contribution in [3.8, 4) is 0 Å². The van der Waals surface area contributed by atoms with Crippen LogP contribution in [0.25, 0.3) is 0 Å². The van der Waals surface area contributed by atoms with E-state index in [4.69, 9.17) is 0 Å². The number of nitrogens with one attached hydrogen (secondary N) is 1. The normalized spacial score (nSPS) is 29.3. The lowest BCUT2D eigenvalue weighted by atomic mass is 10.1. The first-order valence-corrected chi connectivity index (χ1v) is 6.15. The van der Waals surface area contributed by atoms with Crippen LogP contribution in [0.3, 0.4) is 0 Å². The summed E-state index contributed by atoms with van der Waals surface area (Å²) in [6, 6.07) is 0. The standard InChI is InChI=1S/C11H18N4O/c16-9-2-1-5-15-11(9)13-10(14-15)6-8-3-4-12-7-8/h8-9,12,16H,1-7H2. The zero-order chi connectivity index (χ0) is 11.0. The van der Waals surface area contributed by atoms with Gasteiger partial charge in [-0.05, 0) is 38.3 Å². The van der Waals surface area contributed by atoms with Gasteiger partial charge in [0, 0.05) is 13.0 Å². The van der Waals surface area contributed by atoms with Gasteiger partial charge in [-0.2, -0.15) is 5.10 Å². The number of aryl methyl sites for hydroxylation is 1. The molecule has 0 radical (unpaired) electrons. The molecular weight excluding hydrogens is 204 g/mol. The van der Waals surface area contributed by atoms with Crippen molar-refractivity contribution >= 4 is 0 Å². The molecule has 0 spiro atoms. The maximum absolute atomic E-state index is 9.80. The monoisotopic (exact) mass is 222 g/mol. The molecule has 3 heterocycles. The van der Waals surface area contributed by atoms with E-state index in [9.17, 15) is 5.11 Å². The van der Waals surface area contributed by atoms with Gasteiger partial charge < -0.3 is 10.4 Å². The lowest BCUT2D eigenvalue weighted by Crippen LogP contribution is -2.16. The molecule has 3 rings (SSSR count). The number of fused-ring (bicyclic) bond motifs is 1. The Labute approximate surface area is 94.9 Å². The van der Waals surface area contributed by atoms with Gasteiger partial charge in [0.25, 0.3) is 0 Å². The van der Waals surface area contributed by atoms with E-state index in [1.807, 2.05) is 4.68 Å². The Balaban J connectivity index is 1.75. The second-order valence-corrected chi connectivity index (χ2v) is 4.83. The molecule has 5 heteroatoms. The van der Waals surface area contributed by atoms with Crippen molar-refractivity contribution in [2.45, 2.75) is 38.3 Å². The van der Waals surface area contributed by atoms with Crippen LogP contribution in [-0.4, -0.2) is 33.0 Å². The summed E-state index contributed by atoms with van der Waals surface area (Å²) in [5.41, 5.74) is 0. The van der Waals surface area contributed by atoms with Crippen molar-refractivity contribution in [3.05, 3.63) is 11.6 Å². The molecule has 1 fully saturated rings. The van der Waals surface area contributed by atoms with Gasteiger partial charge in [-0.3, -0.25) is 0 Å². The maximum Gasteiger partial charge on any atom is 0.156 e. The third-order valence-electron chi connectivity index (χ3n) is 3.52. The summed E-state index contributed by atoms with van der Waals surface area (Å²) in [6.07, 6.45) is 3.58. The van der Waals surface area contributed by atoms with Crippen molar-refractivity contribution in [3.63, 3.8) is 0 Å². The highest BCUT2D eigenvalue weighted by atomic mass is 16.3. The zero-order valence-electron chi connectivity index (χ0n) is 9.39. The van der Waals surface area contributed by atoms with E-state index in [0.717, 1.165) is 50.5 Å². The second-order valence-electron chi connectivity index (χ2n) is 4.83. The molecule has 1 aromatic rings. The Morgan fingerprint density at radius 3 is 3.12 bits per heavy atom. The van der Waals surface area contributed by atoms with Crippen LogP contribution in [0.1, 0.15) is 37.0 Å². The fraction of sp³-hybridized carbons (Fsp3) is 0.818. The number of hydrogen-bond acceptors (Lipinski definition) is 4. The Hall–Kier alpha value is -0.940. The van der Waals surface area contributed by atoms with Gasteiger partial charge in [-0.15, -0.1) is 0 Å². The van der Waals surface area contributed by atoms with Gasteiger partial charge in [-0.25, -0.2) is 9.67 Å². The fourth-order valence-corrected chi connectivity index (χ4v) is 2.61. The summed E-state index contributed by atoms with van der Waals surface area (Å²) in [5, 5.41) is 17.6. The van der Waals surface area contributed by atoms with Crippen LogP contribution in [-0.2, 0) is 13.0 Å². The van der Waals surface area contributed by atoms with Crippen LogP contribution in [0.5, 0.6) is 0 Å². The van der Waals surface area contributed by atoms with Gasteiger partial charge in [0.15, 0.2) is 11.6 Å². The quantitative estimate of drug-likeness (QED) is 0.753. The van der Waals surface area contributed by atoms with Crippen molar-refractivity contribution < 1.29 is 5.11 Å². The molecule has 2 aliphatic heterocycles. The average Bonchev–Trinajstić information content (AvgIpc) is 2.88. The SMILES string of the molecule is OC1CCCn2nc(CC3CCNC3)nc21. The van der Waals surface area contributed by atoms with Crippen molar-refractivity contribution in [1.29, 1.82) is 0 Å². The molecule has 0 saturated carbocycles. The molecule has 5 nitrogen and oxygen atoms in total. The predicted octanol–water partition coefficient (Wildman–Crippen LogP) is 0.257. The number of nitrogens with zero attached hydrogens (tertiary/aromatic N) is 3. The molecule has 0 amide bonds. The molecule has 0 aliphatic carbocycles. The maximum atomic E-state index is 9.80. The van der Waals surface area contributed by atoms with E-state index in [2.05, 4.69) is 15.4 Å². The first-order chi connectivity index (χ1) is 7.83. The predicted molar refractivity (Wildman–Crippen MR) is 58.9 cm³/mol. The van der Waals surface area contributed by atoms with E-state index >= 15 is 0 Å². The minimum atomic E-state index is -0.406. The van der Waals surface area contributed by atoms with Crippen LogP contribution in [0.2, 0.25) is 0 Å².